The third kappa shape index (κ3) is 5.57. The second-order valence-electron chi connectivity index (χ2n) is 11.3. The lowest BCUT2D eigenvalue weighted by Crippen LogP contribution is -2.49. The number of rotatable bonds is 9. The molecule has 2 N–H and O–H groups in total. The summed E-state index contributed by atoms with van der Waals surface area (Å²) in [5.41, 5.74) is 2.22. The Morgan fingerprint density at radius 1 is 1.05 bits per heavy atom. The molecular weight excluding hydrogens is 595 g/mol. The maximum absolute atomic E-state index is 14.3. The van der Waals surface area contributed by atoms with Gasteiger partial charge in [0, 0.05) is 35.4 Å². The van der Waals surface area contributed by atoms with Gasteiger partial charge in [0.25, 0.3) is 5.91 Å². The fraction of sp³-hybridized carbons (Fsp3) is 0.452. The highest BCUT2D eigenvalue weighted by Crippen LogP contribution is 2.56. The zero-order chi connectivity index (χ0) is 30.2. The maximum atomic E-state index is 14.3. The monoisotopic (exact) mass is 630 g/mol. The predicted octanol–water partition coefficient (Wildman–Crippen LogP) is 5.04. The molecule has 0 spiro atoms. The van der Waals surface area contributed by atoms with Gasteiger partial charge >= 0.3 is 0 Å². The van der Waals surface area contributed by atoms with E-state index in [0.717, 1.165) is 22.0 Å². The fourth-order valence-electron chi connectivity index (χ4n) is 6.25. The Morgan fingerprint density at radius 2 is 1.64 bits per heavy atom. The van der Waals surface area contributed by atoms with E-state index in [1.165, 1.54) is 16.7 Å². The molecule has 1 fully saturated rings. The molecule has 3 aliphatic rings. The van der Waals surface area contributed by atoms with Crippen molar-refractivity contribution in [3.05, 3.63) is 80.3 Å². The van der Waals surface area contributed by atoms with Crippen molar-refractivity contribution in [2.24, 2.45) is 10.9 Å². The van der Waals surface area contributed by atoms with Crippen molar-refractivity contribution < 1.29 is 19.8 Å². The van der Waals surface area contributed by atoms with Crippen LogP contribution >= 0.6 is 35.0 Å². The molecule has 5 rings (SSSR count). The minimum atomic E-state index is -0.670. The minimum absolute atomic E-state index is 0.0106. The van der Waals surface area contributed by atoms with E-state index >= 15 is 0 Å². The number of aliphatic hydroxyl groups excluding tert-OH is 2. The van der Waals surface area contributed by atoms with Gasteiger partial charge in [0.1, 0.15) is 16.5 Å². The van der Waals surface area contributed by atoms with Crippen molar-refractivity contribution in [1.82, 2.24) is 14.7 Å². The van der Waals surface area contributed by atoms with Crippen molar-refractivity contribution in [2.75, 3.05) is 32.8 Å². The summed E-state index contributed by atoms with van der Waals surface area (Å²) in [6, 6.07) is 14.6. The van der Waals surface area contributed by atoms with Gasteiger partial charge in [0.15, 0.2) is 5.17 Å². The van der Waals surface area contributed by atoms with Crippen LogP contribution in [-0.4, -0.2) is 80.8 Å². The largest absolute Gasteiger partial charge is 0.395 e. The number of aliphatic imine (C=N–C) groups is 1. The molecule has 0 unspecified atom stereocenters. The average molecular weight is 632 g/mol. The van der Waals surface area contributed by atoms with E-state index in [2.05, 4.69) is 25.7 Å². The van der Waals surface area contributed by atoms with E-state index in [1.807, 2.05) is 48.5 Å². The number of carbonyl (C=O) groups excluding carboxylic acids is 2. The van der Waals surface area contributed by atoms with Crippen LogP contribution in [0.25, 0.3) is 0 Å². The molecule has 1 saturated heterocycles. The molecule has 3 atom stereocenters. The summed E-state index contributed by atoms with van der Waals surface area (Å²) < 4.78 is 0. The van der Waals surface area contributed by atoms with E-state index in [4.69, 9.17) is 28.2 Å². The normalized spacial score (nSPS) is 23.6. The summed E-state index contributed by atoms with van der Waals surface area (Å²) in [7, 11) is 0. The summed E-state index contributed by atoms with van der Waals surface area (Å²) in [6.45, 7) is 6.52. The lowest BCUT2D eigenvalue weighted by atomic mass is 9.81. The van der Waals surface area contributed by atoms with Crippen molar-refractivity contribution in [3.63, 3.8) is 0 Å². The van der Waals surface area contributed by atoms with Gasteiger partial charge in [0.2, 0.25) is 5.91 Å². The van der Waals surface area contributed by atoms with Crippen molar-refractivity contribution in [3.8, 4) is 0 Å². The number of carbonyl (C=O) groups is 2. The molecule has 11 heteroatoms. The zero-order valence-corrected chi connectivity index (χ0v) is 26.3. The van der Waals surface area contributed by atoms with Crippen LogP contribution in [-0.2, 0) is 15.1 Å². The highest BCUT2D eigenvalue weighted by atomic mass is 35.5. The Hall–Kier alpha value is -2.56. The number of hydrogen-bond acceptors (Lipinski definition) is 7. The molecule has 0 aliphatic carbocycles. The molecule has 42 heavy (non-hydrogen) atoms. The van der Waals surface area contributed by atoms with Crippen LogP contribution in [0.3, 0.4) is 0 Å². The number of halogens is 2. The number of likely N-dealkylation sites (tertiary alicyclic amines) is 1. The molecule has 3 heterocycles. The van der Waals surface area contributed by atoms with Gasteiger partial charge in [0.05, 0.1) is 19.3 Å². The summed E-state index contributed by atoms with van der Waals surface area (Å²) in [4.78, 5) is 38.8. The number of fused-ring (bicyclic) bond motifs is 1. The van der Waals surface area contributed by atoms with Crippen LogP contribution in [0.5, 0.6) is 0 Å². The van der Waals surface area contributed by atoms with Crippen molar-refractivity contribution >= 4 is 51.9 Å². The van der Waals surface area contributed by atoms with Gasteiger partial charge in [-0.05, 0) is 72.8 Å². The number of amidine groups is 1. The molecule has 0 radical (unpaired) electrons. The van der Waals surface area contributed by atoms with Crippen LogP contribution in [0, 0.1) is 5.92 Å². The maximum Gasteiger partial charge on any atom is 0.263 e. The summed E-state index contributed by atoms with van der Waals surface area (Å²) in [5.74, 6) is -0.443. The Balaban J connectivity index is 1.55. The number of aliphatic hydroxyl groups is 2. The van der Waals surface area contributed by atoms with Crippen LogP contribution in [0.2, 0.25) is 10.0 Å². The predicted molar refractivity (Wildman–Crippen MR) is 167 cm³/mol. The molecule has 2 aromatic carbocycles. The topological polar surface area (TPSA) is 96.7 Å². The standard InChI is InChI=1S/C31H36Cl2N4O4S/c1-19(2)25-26(29(41)36-14-4-5-24(36)28(40)35(15-17-38)16-18-39)42-30-34-31(3,21-8-12-23(33)13-9-21)27(37(25)30)20-6-10-22(32)11-7-20/h6-13,19,24,27,38-39H,4-5,14-18H2,1-3H3/t24-,27+,31-/m0/s1. The SMILES string of the molecule is CC(C)C1=C(C(=O)N2CCC[C@H]2C(=O)N(CCO)CCO)SC2=N[C@@](C)(c3ccc(Cl)cc3)[C@@H](c3ccc(Cl)cc3)N21. The summed E-state index contributed by atoms with van der Waals surface area (Å²) in [6.07, 6.45) is 1.25. The third-order valence-corrected chi connectivity index (χ3v) is 9.78. The Morgan fingerprint density at radius 3 is 2.21 bits per heavy atom. The van der Waals surface area contributed by atoms with Gasteiger partial charge in [-0.2, -0.15) is 0 Å². The molecule has 0 bridgehead atoms. The average Bonchev–Trinajstić information content (AvgIpc) is 3.66. The van der Waals surface area contributed by atoms with E-state index in [-0.39, 0.29) is 50.1 Å². The minimum Gasteiger partial charge on any atom is -0.395 e. The third-order valence-electron chi connectivity index (χ3n) is 8.22. The summed E-state index contributed by atoms with van der Waals surface area (Å²) in [5, 5.41) is 20.9. The zero-order valence-electron chi connectivity index (χ0n) is 24.0. The van der Waals surface area contributed by atoms with Gasteiger partial charge < -0.3 is 24.9 Å². The highest BCUT2D eigenvalue weighted by Gasteiger charge is 2.54. The van der Waals surface area contributed by atoms with Crippen LogP contribution in [0.4, 0.5) is 0 Å². The number of thioether (sulfide) groups is 1. The number of hydrogen-bond donors (Lipinski definition) is 2. The lowest BCUT2D eigenvalue weighted by molar-refractivity contribution is -0.142. The second kappa shape index (κ2) is 12.6. The van der Waals surface area contributed by atoms with E-state index in [9.17, 15) is 19.8 Å². The number of amides is 2. The molecular formula is C31H36Cl2N4O4S. The van der Waals surface area contributed by atoms with Gasteiger partial charge in [-0.1, -0.05) is 61.3 Å². The van der Waals surface area contributed by atoms with Gasteiger partial charge in [-0.25, -0.2) is 4.99 Å². The highest BCUT2D eigenvalue weighted by molar-refractivity contribution is 8.18. The quantitative estimate of drug-likeness (QED) is 0.403. The molecule has 0 saturated carbocycles. The number of nitrogens with zero attached hydrogens (tertiary/aromatic N) is 4. The molecule has 8 nitrogen and oxygen atoms in total. The van der Waals surface area contributed by atoms with Crippen molar-refractivity contribution in [2.45, 2.75) is 51.2 Å². The van der Waals surface area contributed by atoms with Gasteiger partial charge in [-0.3, -0.25) is 9.59 Å². The van der Waals surface area contributed by atoms with Crippen molar-refractivity contribution in [1.29, 1.82) is 0 Å². The van der Waals surface area contributed by atoms with E-state index in [0.29, 0.717) is 34.3 Å². The molecule has 2 aromatic rings. The summed E-state index contributed by atoms with van der Waals surface area (Å²) >= 11 is 13.9. The van der Waals surface area contributed by atoms with Crippen LogP contribution in [0.1, 0.15) is 50.8 Å². The number of allylic oxidation sites excluding steroid dienone is 1. The second-order valence-corrected chi connectivity index (χ2v) is 13.1. The Labute approximate surface area is 261 Å². The first kappa shape index (κ1) is 30.9. The molecule has 224 valence electrons. The van der Waals surface area contributed by atoms with E-state index < -0.39 is 11.6 Å². The van der Waals surface area contributed by atoms with Crippen LogP contribution < -0.4 is 0 Å². The smallest absolute Gasteiger partial charge is 0.263 e. The molecule has 3 aliphatic heterocycles. The van der Waals surface area contributed by atoms with Crippen LogP contribution in [0.15, 0.2) is 64.1 Å². The first-order valence-electron chi connectivity index (χ1n) is 14.2. The van der Waals surface area contributed by atoms with Gasteiger partial charge in [-0.15, -0.1) is 0 Å². The Kier molecular flexibility index (Phi) is 9.25. The molecule has 0 aromatic heterocycles. The first-order chi connectivity index (χ1) is 20.1. The van der Waals surface area contributed by atoms with E-state index in [1.54, 1.807) is 4.90 Å². The Bertz CT molecular complexity index is 1390. The fourth-order valence-corrected chi connectivity index (χ4v) is 7.86. The first-order valence-corrected chi connectivity index (χ1v) is 15.8. The lowest BCUT2D eigenvalue weighted by Gasteiger charge is -2.37. The molecule has 2 amide bonds. The number of benzene rings is 2.